The second-order valence-corrected chi connectivity index (χ2v) is 9.95. The Morgan fingerprint density at radius 1 is 1.16 bits per heavy atom. The number of ether oxygens (including phenoxy) is 2. The quantitative estimate of drug-likeness (QED) is 0.197. The molecule has 0 spiro atoms. The van der Waals surface area contributed by atoms with Crippen molar-refractivity contribution in [3.05, 3.63) is 53.2 Å². The van der Waals surface area contributed by atoms with Crippen LogP contribution in [0.4, 0.5) is 5.69 Å². The number of pyridine rings is 1. The third kappa shape index (κ3) is 7.24. The lowest BCUT2D eigenvalue weighted by Crippen LogP contribution is -2.30. The molecule has 1 aromatic heterocycles. The van der Waals surface area contributed by atoms with Crippen molar-refractivity contribution in [1.82, 2.24) is 20.5 Å². The van der Waals surface area contributed by atoms with Crippen LogP contribution in [0.15, 0.2) is 42.6 Å². The lowest BCUT2D eigenvalue weighted by molar-refractivity contribution is 0.0949. The smallest absolute Gasteiger partial charge is 0.255 e. The Morgan fingerprint density at radius 2 is 1.95 bits per heavy atom. The van der Waals surface area contributed by atoms with Gasteiger partial charge in [0.1, 0.15) is 17.2 Å². The largest absolute Gasteiger partial charge is 0.496 e. The van der Waals surface area contributed by atoms with E-state index in [0.29, 0.717) is 62.1 Å². The van der Waals surface area contributed by atoms with E-state index >= 15 is 0 Å². The minimum atomic E-state index is -0.202. The number of hydrogen-bond donors (Lipinski definition) is 3. The third-order valence-corrected chi connectivity index (χ3v) is 6.96. The second kappa shape index (κ2) is 13.1. The Hall–Kier alpha value is -3.14. The first kappa shape index (κ1) is 27.9. The number of thiocarbonyl (C=S) groups is 1. The van der Waals surface area contributed by atoms with E-state index in [4.69, 9.17) is 33.3 Å². The number of benzene rings is 2. The summed E-state index contributed by atoms with van der Waals surface area (Å²) in [6.07, 6.45) is 4.79. The van der Waals surface area contributed by atoms with E-state index < -0.39 is 0 Å². The molecule has 3 aromatic rings. The molecular formula is C28H34ClN5O3S. The van der Waals surface area contributed by atoms with Crippen LogP contribution in [0.1, 0.15) is 43.5 Å². The van der Waals surface area contributed by atoms with E-state index in [1.165, 1.54) is 0 Å². The highest BCUT2D eigenvalue weighted by Gasteiger charge is 2.22. The van der Waals surface area contributed by atoms with Crippen molar-refractivity contribution in [3.8, 4) is 17.2 Å². The Balaban J connectivity index is 1.49. The summed E-state index contributed by atoms with van der Waals surface area (Å²) in [6, 6.07) is 11.1. The van der Waals surface area contributed by atoms with Gasteiger partial charge in [-0.15, -0.1) is 0 Å². The van der Waals surface area contributed by atoms with Crippen molar-refractivity contribution in [2.45, 2.75) is 39.2 Å². The number of nitrogens with zero attached hydrogens (tertiary/aromatic N) is 2. The molecular weight excluding hydrogens is 522 g/mol. The predicted molar refractivity (Wildman–Crippen MR) is 157 cm³/mol. The van der Waals surface area contributed by atoms with Gasteiger partial charge < -0.3 is 30.3 Å². The number of anilines is 1. The lowest BCUT2D eigenvalue weighted by Gasteiger charge is -2.18. The van der Waals surface area contributed by atoms with Gasteiger partial charge in [-0.1, -0.05) is 25.4 Å². The van der Waals surface area contributed by atoms with E-state index in [2.05, 4.69) is 39.7 Å². The number of halogens is 1. The Bertz CT molecular complexity index is 1300. The van der Waals surface area contributed by atoms with Crippen molar-refractivity contribution in [2.75, 3.05) is 38.6 Å². The van der Waals surface area contributed by atoms with Crippen LogP contribution < -0.4 is 25.4 Å². The molecule has 38 heavy (non-hydrogen) atoms. The molecule has 0 atom stereocenters. The number of fused-ring (bicyclic) bond motifs is 1. The number of nitrogens with one attached hydrogen (secondary N) is 3. The van der Waals surface area contributed by atoms with Crippen LogP contribution in [0.25, 0.3) is 10.9 Å². The van der Waals surface area contributed by atoms with E-state index in [0.717, 1.165) is 38.9 Å². The molecule has 1 aliphatic carbocycles. The maximum absolute atomic E-state index is 13.1. The summed E-state index contributed by atoms with van der Waals surface area (Å²) in [7, 11) is 1.54. The van der Waals surface area contributed by atoms with Gasteiger partial charge in [0.2, 0.25) is 0 Å². The lowest BCUT2D eigenvalue weighted by atomic mass is 10.1. The zero-order valence-electron chi connectivity index (χ0n) is 22.0. The number of carbonyl (C=O) groups is 1. The first-order valence-corrected chi connectivity index (χ1v) is 13.7. The van der Waals surface area contributed by atoms with Crippen LogP contribution in [0.2, 0.25) is 5.02 Å². The van der Waals surface area contributed by atoms with Crippen LogP contribution in [0, 0.1) is 0 Å². The van der Waals surface area contributed by atoms with Gasteiger partial charge in [-0.3, -0.25) is 9.78 Å². The highest BCUT2D eigenvalue weighted by atomic mass is 35.5. The van der Waals surface area contributed by atoms with E-state index in [-0.39, 0.29) is 5.91 Å². The van der Waals surface area contributed by atoms with Crippen LogP contribution >= 0.6 is 23.8 Å². The summed E-state index contributed by atoms with van der Waals surface area (Å²) in [5.41, 5.74) is 1.77. The van der Waals surface area contributed by atoms with Crippen LogP contribution in [-0.4, -0.2) is 60.2 Å². The molecule has 3 N–H and O–H groups in total. The van der Waals surface area contributed by atoms with Gasteiger partial charge in [0.25, 0.3) is 5.91 Å². The molecule has 202 valence electrons. The number of aromatic nitrogens is 1. The summed E-state index contributed by atoms with van der Waals surface area (Å²) in [4.78, 5) is 19.8. The zero-order valence-corrected chi connectivity index (χ0v) is 23.5. The minimum Gasteiger partial charge on any atom is -0.496 e. The van der Waals surface area contributed by atoms with Gasteiger partial charge in [-0.05, 0) is 75.4 Å². The zero-order chi connectivity index (χ0) is 27.1. The van der Waals surface area contributed by atoms with Gasteiger partial charge in [0, 0.05) is 36.3 Å². The molecule has 8 nitrogen and oxygen atoms in total. The van der Waals surface area contributed by atoms with Crippen molar-refractivity contribution < 1.29 is 14.3 Å². The molecule has 4 rings (SSSR count). The molecule has 0 unspecified atom stereocenters. The van der Waals surface area contributed by atoms with Gasteiger partial charge in [-0.25, -0.2) is 0 Å². The molecule has 0 saturated heterocycles. The maximum atomic E-state index is 13.1. The summed E-state index contributed by atoms with van der Waals surface area (Å²) in [6.45, 7) is 7.77. The topological polar surface area (TPSA) is 87.8 Å². The first-order valence-electron chi connectivity index (χ1n) is 12.9. The molecule has 2 aromatic carbocycles. The fraction of sp³-hybridized carbons (Fsp3) is 0.393. The standard InChI is InChI=1S/C28H34ClN5O3S/c1-4-34(5-2)14-6-12-31-27(35)21-16-20-24(17-26(21)36-3)30-13-11-25(20)37-19-9-10-23(22(29)15-19)33-28(38)32-18-7-8-18/h9-11,13,15-18H,4-8,12,14H2,1-3H3,(H,31,35)(H2,32,33,38). The van der Waals surface area contributed by atoms with Crippen molar-refractivity contribution >= 4 is 51.4 Å². The minimum absolute atomic E-state index is 0.202. The molecule has 0 radical (unpaired) electrons. The maximum Gasteiger partial charge on any atom is 0.255 e. The Morgan fingerprint density at radius 3 is 2.63 bits per heavy atom. The summed E-state index contributed by atoms with van der Waals surface area (Å²) >= 11 is 11.8. The van der Waals surface area contributed by atoms with Crippen molar-refractivity contribution in [1.29, 1.82) is 0 Å². The highest BCUT2D eigenvalue weighted by molar-refractivity contribution is 7.80. The third-order valence-electron chi connectivity index (χ3n) is 6.43. The molecule has 1 fully saturated rings. The number of amides is 1. The van der Waals surface area contributed by atoms with E-state index in [1.54, 1.807) is 37.6 Å². The monoisotopic (exact) mass is 555 g/mol. The average Bonchev–Trinajstić information content (AvgIpc) is 3.73. The number of carbonyl (C=O) groups excluding carboxylic acids is 1. The summed E-state index contributed by atoms with van der Waals surface area (Å²) in [5.74, 6) is 1.35. The highest BCUT2D eigenvalue weighted by Crippen LogP contribution is 2.35. The van der Waals surface area contributed by atoms with E-state index in [9.17, 15) is 4.79 Å². The normalized spacial score (nSPS) is 12.9. The summed E-state index contributed by atoms with van der Waals surface area (Å²) in [5, 5.41) is 11.1. The van der Waals surface area contributed by atoms with Gasteiger partial charge >= 0.3 is 0 Å². The van der Waals surface area contributed by atoms with Crippen LogP contribution in [0.5, 0.6) is 17.2 Å². The van der Waals surface area contributed by atoms with Crippen LogP contribution in [-0.2, 0) is 0 Å². The van der Waals surface area contributed by atoms with Crippen molar-refractivity contribution in [2.24, 2.45) is 0 Å². The number of hydrogen-bond acceptors (Lipinski definition) is 6. The van der Waals surface area contributed by atoms with Crippen LogP contribution in [0.3, 0.4) is 0 Å². The Kier molecular flexibility index (Phi) is 9.60. The molecule has 10 heteroatoms. The number of methoxy groups -OCH3 is 1. The van der Waals surface area contributed by atoms with Gasteiger partial charge in [0.05, 0.1) is 28.9 Å². The SMILES string of the molecule is CCN(CC)CCCNC(=O)c1cc2c(Oc3ccc(NC(=S)NC4CC4)c(Cl)c3)ccnc2cc1OC. The molecule has 1 heterocycles. The fourth-order valence-electron chi connectivity index (χ4n) is 4.08. The second-order valence-electron chi connectivity index (χ2n) is 9.13. The molecule has 1 saturated carbocycles. The first-order chi connectivity index (χ1) is 18.4. The average molecular weight is 556 g/mol. The molecule has 0 aliphatic heterocycles. The molecule has 1 aliphatic rings. The van der Waals surface area contributed by atoms with Gasteiger partial charge in [-0.2, -0.15) is 0 Å². The molecule has 1 amide bonds. The van der Waals surface area contributed by atoms with Crippen molar-refractivity contribution in [3.63, 3.8) is 0 Å². The predicted octanol–water partition coefficient (Wildman–Crippen LogP) is 5.60. The summed E-state index contributed by atoms with van der Waals surface area (Å²) < 4.78 is 11.7. The number of rotatable bonds is 12. The fourth-order valence-corrected chi connectivity index (χ4v) is 4.58. The molecule has 0 bridgehead atoms. The van der Waals surface area contributed by atoms with E-state index in [1.807, 2.05) is 12.1 Å². The van der Waals surface area contributed by atoms with Gasteiger partial charge in [0.15, 0.2) is 5.11 Å². The Labute approximate surface area is 234 Å².